The lowest BCUT2D eigenvalue weighted by atomic mass is 10.3. The van der Waals surface area contributed by atoms with Gasteiger partial charge in [-0.25, -0.2) is 4.98 Å². The smallest absolute Gasteiger partial charge is 0.138 e. The number of hydrogen-bond acceptors (Lipinski definition) is 3. The van der Waals surface area contributed by atoms with Crippen molar-refractivity contribution < 1.29 is 9.84 Å². The Kier molecular flexibility index (Phi) is 2.62. The lowest BCUT2D eigenvalue weighted by Crippen LogP contribution is -2.07. The summed E-state index contributed by atoms with van der Waals surface area (Å²) in [5.41, 5.74) is 0.968. The molecular formula is C7H12N2O2. The highest BCUT2D eigenvalue weighted by molar-refractivity contribution is 5.01. The molecule has 0 fully saturated rings. The van der Waals surface area contributed by atoms with E-state index in [1.54, 1.807) is 13.3 Å². The summed E-state index contributed by atoms with van der Waals surface area (Å²) in [5.74, 6) is 0.674. The molecule has 1 rings (SSSR count). The predicted molar refractivity (Wildman–Crippen MR) is 40.2 cm³/mol. The largest absolute Gasteiger partial charge is 0.393 e. The third-order valence-electron chi connectivity index (χ3n) is 1.48. The van der Waals surface area contributed by atoms with Crippen LogP contribution in [0.4, 0.5) is 0 Å². The second kappa shape index (κ2) is 3.50. The molecule has 0 bridgehead atoms. The van der Waals surface area contributed by atoms with E-state index in [4.69, 9.17) is 9.84 Å². The quantitative estimate of drug-likeness (QED) is 0.666. The Bertz CT molecular complexity index is 218. The summed E-state index contributed by atoms with van der Waals surface area (Å²) < 4.78 is 4.96. The predicted octanol–water partition coefficient (Wildman–Crippen LogP) is 0.398. The number of aliphatic hydroxyl groups excluding tert-OH is 1. The number of ether oxygens (including phenoxy) is 1. The zero-order valence-electron chi connectivity index (χ0n) is 6.66. The van der Waals surface area contributed by atoms with E-state index in [1.807, 2.05) is 6.92 Å². The first-order valence-corrected chi connectivity index (χ1v) is 3.43. The van der Waals surface area contributed by atoms with Crippen molar-refractivity contribution in [3.8, 4) is 0 Å². The van der Waals surface area contributed by atoms with Gasteiger partial charge in [0.05, 0.1) is 6.61 Å². The van der Waals surface area contributed by atoms with Gasteiger partial charge in [0, 0.05) is 19.0 Å². The molecule has 0 aliphatic rings. The Morgan fingerprint density at radius 1 is 1.82 bits per heavy atom. The summed E-state index contributed by atoms with van der Waals surface area (Å²) in [6.45, 7) is 1.85. The summed E-state index contributed by atoms with van der Waals surface area (Å²) in [7, 11) is 1.54. The van der Waals surface area contributed by atoms with Crippen LogP contribution in [0.25, 0.3) is 0 Å². The Balaban J connectivity index is 2.73. The molecule has 1 aromatic rings. The summed E-state index contributed by atoms with van der Waals surface area (Å²) in [5, 5.41) is 8.80. The molecule has 1 unspecified atom stereocenters. The molecular weight excluding hydrogens is 144 g/mol. The number of aromatic nitrogens is 2. The number of rotatable bonds is 3. The molecule has 0 aliphatic carbocycles. The maximum absolute atomic E-state index is 8.80. The molecule has 62 valence electrons. The highest BCUT2D eigenvalue weighted by atomic mass is 16.5. The van der Waals surface area contributed by atoms with Gasteiger partial charge in [-0.3, -0.25) is 0 Å². The lowest BCUT2D eigenvalue weighted by molar-refractivity contribution is 0.0428. The Labute approximate surface area is 65.2 Å². The van der Waals surface area contributed by atoms with Crippen molar-refractivity contribution in [2.75, 3.05) is 13.7 Å². The van der Waals surface area contributed by atoms with Crippen LogP contribution in [0.1, 0.15) is 17.6 Å². The average Bonchev–Trinajstić information content (AvgIpc) is 2.39. The van der Waals surface area contributed by atoms with E-state index in [9.17, 15) is 0 Å². The van der Waals surface area contributed by atoms with E-state index < -0.39 is 0 Å². The Morgan fingerprint density at radius 2 is 2.55 bits per heavy atom. The van der Waals surface area contributed by atoms with E-state index in [-0.39, 0.29) is 12.7 Å². The maximum atomic E-state index is 8.80. The first-order valence-electron chi connectivity index (χ1n) is 3.43. The number of hydrogen-bond donors (Lipinski definition) is 2. The van der Waals surface area contributed by atoms with Gasteiger partial charge >= 0.3 is 0 Å². The first-order chi connectivity index (χ1) is 5.27. The van der Waals surface area contributed by atoms with Crippen LogP contribution in [0.5, 0.6) is 0 Å². The molecule has 0 radical (unpaired) electrons. The highest BCUT2D eigenvalue weighted by Crippen LogP contribution is 2.10. The number of H-pyrrole nitrogens is 1. The monoisotopic (exact) mass is 156 g/mol. The minimum absolute atomic E-state index is 0.0521. The molecule has 4 heteroatoms. The number of methoxy groups -OCH3 is 1. The van der Waals surface area contributed by atoms with Crippen molar-refractivity contribution in [3.63, 3.8) is 0 Å². The van der Waals surface area contributed by atoms with Gasteiger partial charge in [-0.1, -0.05) is 0 Å². The minimum Gasteiger partial charge on any atom is -0.393 e. The molecule has 1 atom stereocenters. The maximum Gasteiger partial charge on any atom is 0.138 e. The number of aryl methyl sites for hydroxylation is 1. The van der Waals surface area contributed by atoms with Crippen LogP contribution in [0, 0.1) is 6.92 Å². The second-order valence-corrected chi connectivity index (χ2v) is 2.36. The van der Waals surface area contributed by atoms with Crippen LogP contribution >= 0.6 is 0 Å². The van der Waals surface area contributed by atoms with Gasteiger partial charge in [0.1, 0.15) is 11.9 Å². The summed E-state index contributed by atoms with van der Waals surface area (Å²) >= 11 is 0. The van der Waals surface area contributed by atoms with Crippen molar-refractivity contribution in [2.24, 2.45) is 0 Å². The Hall–Kier alpha value is -0.870. The van der Waals surface area contributed by atoms with E-state index in [1.165, 1.54) is 0 Å². The summed E-state index contributed by atoms with van der Waals surface area (Å²) in [4.78, 5) is 7.00. The third kappa shape index (κ3) is 1.78. The molecule has 1 aromatic heterocycles. The lowest BCUT2D eigenvalue weighted by Gasteiger charge is -2.07. The number of nitrogens with zero attached hydrogens (tertiary/aromatic N) is 1. The van der Waals surface area contributed by atoms with Gasteiger partial charge in [-0.2, -0.15) is 0 Å². The third-order valence-corrected chi connectivity index (χ3v) is 1.48. The number of aliphatic hydroxyl groups is 1. The molecule has 0 amide bonds. The van der Waals surface area contributed by atoms with Crippen LogP contribution in [-0.4, -0.2) is 28.8 Å². The molecule has 2 N–H and O–H groups in total. The van der Waals surface area contributed by atoms with Crippen molar-refractivity contribution in [1.29, 1.82) is 0 Å². The van der Waals surface area contributed by atoms with Crippen molar-refractivity contribution in [1.82, 2.24) is 9.97 Å². The molecule has 4 nitrogen and oxygen atoms in total. The summed E-state index contributed by atoms with van der Waals surface area (Å²) in [6, 6.07) is 0. The van der Waals surface area contributed by atoms with Crippen LogP contribution in [0.3, 0.4) is 0 Å². The SMILES string of the molecule is COC(CO)c1ncc(C)[nH]1. The van der Waals surface area contributed by atoms with Crippen LogP contribution in [-0.2, 0) is 4.74 Å². The van der Waals surface area contributed by atoms with Gasteiger partial charge in [-0.05, 0) is 6.92 Å². The van der Waals surface area contributed by atoms with E-state index in [0.29, 0.717) is 5.82 Å². The van der Waals surface area contributed by atoms with Gasteiger partial charge < -0.3 is 14.8 Å². The van der Waals surface area contributed by atoms with E-state index in [0.717, 1.165) is 5.69 Å². The van der Waals surface area contributed by atoms with E-state index in [2.05, 4.69) is 9.97 Å². The molecule has 0 spiro atoms. The van der Waals surface area contributed by atoms with Crippen LogP contribution in [0.15, 0.2) is 6.20 Å². The van der Waals surface area contributed by atoms with E-state index >= 15 is 0 Å². The minimum atomic E-state index is -0.330. The summed E-state index contributed by atoms with van der Waals surface area (Å²) in [6.07, 6.45) is 1.38. The van der Waals surface area contributed by atoms with Crippen molar-refractivity contribution in [3.05, 3.63) is 17.7 Å². The standard InChI is InChI=1S/C7H12N2O2/c1-5-3-8-7(9-5)6(4-10)11-2/h3,6,10H,4H2,1-2H3,(H,8,9). The molecule has 1 heterocycles. The van der Waals surface area contributed by atoms with Gasteiger partial charge in [0.2, 0.25) is 0 Å². The number of imidazole rings is 1. The first kappa shape index (κ1) is 8.23. The fourth-order valence-corrected chi connectivity index (χ4v) is 0.869. The normalized spacial score (nSPS) is 13.4. The number of nitrogens with one attached hydrogen (secondary N) is 1. The van der Waals surface area contributed by atoms with Crippen LogP contribution in [0.2, 0.25) is 0 Å². The van der Waals surface area contributed by atoms with Crippen molar-refractivity contribution >= 4 is 0 Å². The fraction of sp³-hybridized carbons (Fsp3) is 0.571. The zero-order chi connectivity index (χ0) is 8.27. The molecule has 11 heavy (non-hydrogen) atoms. The van der Waals surface area contributed by atoms with Gasteiger partial charge in [0.15, 0.2) is 0 Å². The van der Waals surface area contributed by atoms with Crippen LogP contribution < -0.4 is 0 Å². The number of aromatic amines is 1. The average molecular weight is 156 g/mol. The van der Waals surface area contributed by atoms with Crippen molar-refractivity contribution in [2.45, 2.75) is 13.0 Å². The topological polar surface area (TPSA) is 58.1 Å². The molecule has 0 aromatic carbocycles. The second-order valence-electron chi connectivity index (χ2n) is 2.36. The van der Waals surface area contributed by atoms with Gasteiger partial charge in [-0.15, -0.1) is 0 Å². The molecule has 0 saturated carbocycles. The molecule has 0 aliphatic heterocycles. The highest BCUT2D eigenvalue weighted by Gasteiger charge is 2.11. The van der Waals surface area contributed by atoms with Gasteiger partial charge in [0.25, 0.3) is 0 Å². The molecule has 0 saturated heterocycles. The zero-order valence-corrected chi connectivity index (χ0v) is 6.66. The Morgan fingerprint density at radius 3 is 2.91 bits per heavy atom. The fourth-order valence-electron chi connectivity index (χ4n) is 0.869.